The van der Waals surface area contributed by atoms with Gasteiger partial charge in [0.15, 0.2) is 5.83 Å². The van der Waals surface area contributed by atoms with E-state index in [1.165, 1.54) is 45.9 Å². The predicted molar refractivity (Wildman–Crippen MR) is 245 cm³/mol. The van der Waals surface area contributed by atoms with Crippen LogP contribution in [0.5, 0.6) is 5.75 Å². The first-order valence-electron chi connectivity index (χ1n) is 20.7. The number of aliphatic hydroxyl groups excluding tert-OH is 1. The molecule has 316 valence electrons. The second-order valence-corrected chi connectivity index (χ2v) is 14.3. The zero-order chi connectivity index (χ0) is 44.0. The van der Waals surface area contributed by atoms with Crippen molar-refractivity contribution in [3.63, 3.8) is 0 Å². The standard InChI is InChI=1S/C26H27FO2.C15H16.C11H12F2O.C2H6/c1-18-4-10-24(11-5-18)25-14-8-22(9-15-25)17-29-16-21-6-12-23(13-7-21)19(2)26(28)20(3)27;1-3-13-6-10-15(11-7-13)14-8-4-12(2)5-9-14;1-3-9-4-6-10(7-5-9)14-11(13)8(2)12;1-2/h4-15,19,28H,16-17H2,1-3H3;4-11H,3H2,1-2H3;4-7H,3H2,1-2H3;1-2H3/b26-20-;;11-8+;. The number of hydrogen-bond acceptors (Lipinski definition) is 3. The maximum Gasteiger partial charge on any atom is 0.309 e. The summed E-state index contributed by atoms with van der Waals surface area (Å²) < 4.78 is 48.6. The summed E-state index contributed by atoms with van der Waals surface area (Å²) >= 11 is 0. The first kappa shape index (κ1) is 48.5. The second kappa shape index (κ2) is 25.6. The highest BCUT2D eigenvalue weighted by atomic mass is 19.2. The molecule has 0 bridgehead atoms. The zero-order valence-corrected chi connectivity index (χ0v) is 36.7. The normalized spacial score (nSPS) is 11.9. The highest BCUT2D eigenvalue weighted by Gasteiger charge is 2.13. The van der Waals surface area contributed by atoms with E-state index in [0.717, 1.165) is 42.0 Å². The second-order valence-electron chi connectivity index (χ2n) is 14.3. The molecule has 6 heteroatoms. The third-order valence-electron chi connectivity index (χ3n) is 9.68. The zero-order valence-electron chi connectivity index (χ0n) is 36.7. The minimum absolute atomic E-state index is 0.219. The summed E-state index contributed by atoms with van der Waals surface area (Å²) in [5.74, 6) is -1.77. The number of allylic oxidation sites excluding steroid dienone is 3. The molecule has 0 saturated carbocycles. The van der Waals surface area contributed by atoms with Gasteiger partial charge >= 0.3 is 6.01 Å². The summed E-state index contributed by atoms with van der Waals surface area (Å²) in [6.45, 7) is 17.5. The minimum atomic E-state index is -1.19. The number of hydrogen-bond donors (Lipinski definition) is 1. The van der Waals surface area contributed by atoms with Gasteiger partial charge in [0.1, 0.15) is 17.3 Å². The van der Waals surface area contributed by atoms with Gasteiger partial charge in [0, 0.05) is 5.92 Å². The molecule has 1 atom stereocenters. The Bertz CT molecular complexity index is 2180. The lowest BCUT2D eigenvalue weighted by atomic mass is 9.97. The summed E-state index contributed by atoms with van der Waals surface area (Å²) in [4.78, 5) is 0. The highest BCUT2D eigenvalue weighted by Crippen LogP contribution is 2.26. The molecule has 1 unspecified atom stereocenters. The van der Waals surface area contributed by atoms with Crippen molar-refractivity contribution >= 4 is 0 Å². The SMILES string of the molecule is C/C(F)=C(/O)C(C)c1ccc(COCc2ccc(-c3ccc(C)cc3)cc2)cc1.CC.CCc1ccc(-c2ccc(C)cc2)cc1.CCc1ccc(O/C(F)=C(\C)F)cc1. The molecule has 0 aromatic heterocycles. The number of rotatable bonds is 12. The molecule has 0 amide bonds. The van der Waals surface area contributed by atoms with Crippen molar-refractivity contribution in [2.24, 2.45) is 0 Å². The maximum absolute atomic E-state index is 13.2. The van der Waals surface area contributed by atoms with Gasteiger partial charge in [-0.15, -0.1) is 0 Å². The fraction of sp³-hybridized carbons (Fsp3) is 0.259. The predicted octanol–water partition coefficient (Wildman–Crippen LogP) is 16.2. The third-order valence-corrected chi connectivity index (χ3v) is 9.68. The smallest absolute Gasteiger partial charge is 0.309 e. The number of aliphatic hydroxyl groups is 1. The summed E-state index contributed by atoms with van der Waals surface area (Å²) in [6, 6.07) is 47.8. The molecule has 0 heterocycles. The van der Waals surface area contributed by atoms with Crippen molar-refractivity contribution in [1.82, 2.24) is 0 Å². The van der Waals surface area contributed by atoms with Crippen molar-refractivity contribution in [1.29, 1.82) is 0 Å². The number of benzene rings is 6. The first-order chi connectivity index (χ1) is 28.9. The first-order valence-corrected chi connectivity index (χ1v) is 20.7. The van der Waals surface area contributed by atoms with Crippen LogP contribution in [0.2, 0.25) is 0 Å². The summed E-state index contributed by atoms with van der Waals surface area (Å²) in [5.41, 5.74) is 13.1. The van der Waals surface area contributed by atoms with E-state index in [2.05, 4.69) is 123 Å². The van der Waals surface area contributed by atoms with Gasteiger partial charge in [0.2, 0.25) is 0 Å². The lowest BCUT2D eigenvalue weighted by Crippen LogP contribution is -2.00. The Balaban J connectivity index is 0.000000260. The van der Waals surface area contributed by atoms with Gasteiger partial charge in [-0.1, -0.05) is 179 Å². The van der Waals surface area contributed by atoms with Gasteiger partial charge < -0.3 is 14.6 Å². The van der Waals surface area contributed by atoms with E-state index in [-0.39, 0.29) is 11.7 Å². The average molecular weight is 815 g/mol. The van der Waals surface area contributed by atoms with Crippen LogP contribution in [-0.4, -0.2) is 5.11 Å². The molecule has 0 saturated heterocycles. The minimum Gasteiger partial charge on any atom is -0.509 e. The van der Waals surface area contributed by atoms with E-state index < -0.39 is 17.7 Å². The van der Waals surface area contributed by atoms with Crippen molar-refractivity contribution in [3.8, 4) is 28.0 Å². The van der Waals surface area contributed by atoms with Crippen LogP contribution in [0, 0.1) is 13.8 Å². The van der Waals surface area contributed by atoms with Crippen LogP contribution in [0.15, 0.2) is 169 Å². The molecular weight excluding hydrogens is 754 g/mol. The van der Waals surface area contributed by atoms with E-state index >= 15 is 0 Å². The Hall–Kier alpha value is -5.85. The molecule has 6 aromatic rings. The van der Waals surface area contributed by atoms with Gasteiger partial charge in [-0.2, -0.15) is 4.39 Å². The van der Waals surface area contributed by atoms with E-state index in [9.17, 15) is 18.3 Å². The van der Waals surface area contributed by atoms with Crippen LogP contribution in [0.25, 0.3) is 22.3 Å². The quantitative estimate of drug-likeness (QED) is 0.125. The van der Waals surface area contributed by atoms with Crippen LogP contribution in [0.3, 0.4) is 0 Å². The Kier molecular flexibility index (Phi) is 20.7. The fourth-order valence-electron chi connectivity index (χ4n) is 5.83. The van der Waals surface area contributed by atoms with Crippen molar-refractivity contribution in [2.75, 3.05) is 0 Å². The average Bonchev–Trinajstić information content (AvgIpc) is 3.28. The Morgan fingerprint density at radius 3 is 1.18 bits per heavy atom. The number of aryl methyl sites for hydroxylation is 4. The number of halogens is 3. The van der Waals surface area contributed by atoms with Gasteiger partial charge in [-0.3, -0.25) is 0 Å². The largest absolute Gasteiger partial charge is 0.509 e. The van der Waals surface area contributed by atoms with Gasteiger partial charge in [-0.05, 0) is 103 Å². The van der Waals surface area contributed by atoms with E-state index in [1.807, 2.05) is 57.2 Å². The molecule has 0 radical (unpaired) electrons. The lowest BCUT2D eigenvalue weighted by molar-refractivity contribution is 0.107. The molecule has 0 aliphatic heterocycles. The van der Waals surface area contributed by atoms with Crippen molar-refractivity contribution < 1.29 is 27.8 Å². The lowest BCUT2D eigenvalue weighted by Gasteiger charge is -2.12. The molecule has 6 aromatic carbocycles. The molecule has 3 nitrogen and oxygen atoms in total. The van der Waals surface area contributed by atoms with Crippen molar-refractivity contribution in [3.05, 3.63) is 208 Å². The van der Waals surface area contributed by atoms with Crippen molar-refractivity contribution in [2.45, 2.75) is 94.3 Å². The van der Waals surface area contributed by atoms with Gasteiger partial charge in [0.25, 0.3) is 0 Å². The summed E-state index contributed by atoms with van der Waals surface area (Å²) in [7, 11) is 0. The maximum atomic E-state index is 13.2. The van der Waals surface area contributed by atoms with Crippen LogP contribution in [-0.2, 0) is 30.8 Å². The summed E-state index contributed by atoms with van der Waals surface area (Å²) in [6.07, 6.45) is 2.01. The highest BCUT2D eigenvalue weighted by molar-refractivity contribution is 5.64. The molecule has 0 aliphatic carbocycles. The molecule has 0 spiro atoms. The Morgan fingerprint density at radius 1 is 0.500 bits per heavy atom. The Labute approximate surface area is 356 Å². The van der Waals surface area contributed by atoms with Crippen LogP contribution < -0.4 is 4.74 Å². The van der Waals surface area contributed by atoms with Crippen LogP contribution >= 0.6 is 0 Å². The van der Waals surface area contributed by atoms with E-state index in [0.29, 0.717) is 19.0 Å². The monoisotopic (exact) mass is 814 g/mol. The molecular formula is C54H61F3O3. The fourth-order valence-corrected chi connectivity index (χ4v) is 5.83. The summed E-state index contributed by atoms with van der Waals surface area (Å²) in [5, 5.41) is 9.77. The van der Waals surface area contributed by atoms with E-state index in [4.69, 9.17) is 4.74 Å². The Morgan fingerprint density at radius 2 is 0.833 bits per heavy atom. The van der Waals surface area contributed by atoms with E-state index in [1.54, 1.807) is 19.1 Å². The van der Waals surface area contributed by atoms with Crippen LogP contribution in [0.4, 0.5) is 13.2 Å². The third kappa shape index (κ3) is 16.1. The van der Waals surface area contributed by atoms with Gasteiger partial charge in [-0.25, -0.2) is 8.78 Å². The van der Waals surface area contributed by atoms with Gasteiger partial charge in [0.05, 0.1) is 13.2 Å². The topological polar surface area (TPSA) is 38.7 Å². The molecule has 1 N–H and O–H groups in total. The molecule has 6 rings (SSSR count). The molecule has 60 heavy (non-hydrogen) atoms. The molecule has 0 aliphatic rings. The van der Waals surface area contributed by atoms with Crippen LogP contribution in [0.1, 0.15) is 93.3 Å². The number of ether oxygens (including phenoxy) is 2. The molecule has 0 fully saturated rings.